The van der Waals surface area contributed by atoms with E-state index in [0.717, 1.165) is 35.4 Å². The molecule has 2 fully saturated rings. The summed E-state index contributed by atoms with van der Waals surface area (Å²) >= 11 is 0. The quantitative estimate of drug-likeness (QED) is 0.467. The molecule has 1 aliphatic heterocycles. The highest BCUT2D eigenvalue weighted by Crippen LogP contribution is 2.39. The van der Waals surface area contributed by atoms with E-state index in [-0.39, 0.29) is 11.7 Å². The summed E-state index contributed by atoms with van der Waals surface area (Å²) in [5, 5.41) is 0.999. The van der Waals surface area contributed by atoms with Crippen molar-refractivity contribution in [2.75, 3.05) is 62.8 Å². The van der Waals surface area contributed by atoms with Gasteiger partial charge >= 0.3 is 0 Å². The van der Waals surface area contributed by atoms with Crippen molar-refractivity contribution < 1.29 is 13.9 Å². The molecule has 184 valence electrons. The number of ether oxygens (including phenoxy) is 1. The minimum absolute atomic E-state index is 0.112. The smallest absolute Gasteiger partial charge is 0.224 e. The van der Waals surface area contributed by atoms with Crippen molar-refractivity contribution in [1.82, 2.24) is 14.9 Å². The van der Waals surface area contributed by atoms with Gasteiger partial charge in [-0.3, -0.25) is 4.79 Å². The zero-order chi connectivity index (χ0) is 24.2. The van der Waals surface area contributed by atoms with Gasteiger partial charge in [0.1, 0.15) is 17.5 Å². The van der Waals surface area contributed by atoms with Crippen LogP contribution in [-0.4, -0.2) is 73.8 Å². The molecule has 35 heavy (non-hydrogen) atoms. The number of hydrogen-bond donors (Lipinski definition) is 0. The fraction of sp³-hybridized carbons (Fsp3) is 0.444. The molecule has 0 bridgehead atoms. The summed E-state index contributed by atoms with van der Waals surface area (Å²) in [7, 11) is 1.69. The fourth-order valence-electron chi connectivity index (χ4n) is 4.66. The Balaban J connectivity index is 1.26. The van der Waals surface area contributed by atoms with Gasteiger partial charge in [0.05, 0.1) is 17.8 Å². The minimum atomic E-state index is -0.219. The van der Waals surface area contributed by atoms with Crippen molar-refractivity contribution >= 4 is 28.3 Å². The zero-order valence-electron chi connectivity index (χ0n) is 20.2. The maximum Gasteiger partial charge on any atom is 0.224 e. The minimum Gasteiger partial charge on any atom is -0.383 e. The van der Waals surface area contributed by atoms with Crippen LogP contribution >= 0.6 is 0 Å². The van der Waals surface area contributed by atoms with Crippen LogP contribution < -0.4 is 9.80 Å². The van der Waals surface area contributed by atoms with Crippen LogP contribution in [0, 0.1) is 5.82 Å². The normalized spacial score (nSPS) is 16.1. The first-order chi connectivity index (χ1) is 17.1. The van der Waals surface area contributed by atoms with Gasteiger partial charge in [0, 0.05) is 64.1 Å². The summed E-state index contributed by atoms with van der Waals surface area (Å²) in [6, 6.07) is 14.9. The summed E-state index contributed by atoms with van der Waals surface area (Å²) < 4.78 is 19.5. The van der Waals surface area contributed by atoms with E-state index in [1.54, 1.807) is 19.2 Å². The molecule has 5 rings (SSSR count). The second-order valence-electron chi connectivity index (χ2n) is 9.25. The van der Waals surface area contributed by atoms with Gasteiger partial charge in [0.15, 0.2) is 0 Å². The lowest BCUT2D eigenvalue weighted by Gasteiger charge is -2.36. The van der Waals surface area contributed by atoms with Crippen LogP contribution in [0.2, 0.25) is 0 Å². The molecule has 1 amide bonds. The number of rotatable bonds is 9. The highest BCUT2D eigenvalue weighted by molar-refractivity contribution is 5.90. The number of para-hydroxylation sites is 2. The number of halogens is 1. The van der Waals surface area contributed by atoms with Gasteiger partial charge in [0.25, 0.3) is 0 Å². The number of benzene rings is 2. The predicted octanol–water partition coefficient (Wildman–Crippen LogP) is 3.84. The largest absolute Gasteiger partial charge is 0.383 e. The lowest BCUT2D eigenvalue weighted by molar-refractivity contribution is -0.131. The molecule has 2 aliphatic rings. The number of fused-ring (bicyclic) bond motifs is 1. The Labute approximate surface area is 205 Å². The first-order valence-corrected chi connectivity index (χ1v) is 12.4. The third-order valence-corrected chi connectivity index (χ3v) is 6.83. The zero-order valence-corrected chi connectivity index (χ0v) is 20.2. The Hall–Kier alpha value is -3.26. The number of piperazine rings is 1. The van der Waals surface area contributed by atoms with Gasteiger partial charge in [0.2, 0.25) is 5.91 Å². The van der Waals surface area contributed by atoms with Crippen molar-refractivity contribution in [3.05, 3.63) is 60.2 Å². The Bertz CT molecular complexity index is 1180. The third-order valence-electron chi connectivity index (χ3n) is 6.83. The Morgan fingerprint density at radius 2 is 1.77 bits per heavy atom. The highest BCUT2D eigenvalue weighted by atomic mass is 19.1. The van der Waals surface area contributed by atoms with Gasteiger partial charge in [-0.25, -0.2) is 14.4 Å². The maximum atomic E-state index is 14.1. The molecule has 1 saturated carbocycles. The number of nitrogens with zero attached hydrogens (tertiary/aromatic N) is 5. The molecule has 8 heteroatoms. The lowest BCUT2D eigenvalue weighted by Crippen LogP contribution is -2.49. The van der Waals surface area contributed by atoms with Crippen molar-refractivity contribution in [2.24, 2.45) is 0 Å². The van der Waals surface area contributed by atoms with Gasteiger partial charge < -0.3 is 19.4 Å². The van der Waals surface area contributed by atoms with Crippen molar-refractivity contribution in [1.29, 1.82) is 0 Å². The molecule has 7 nitrogen and oxygen atoms in total. The molecule has 1 aromatic heterocycles. The fourth-order valence-corrected chi connectivity index (χ4v) is 4.66. The Morgan fingerprint density at radius 3 is 2.51 bits per heavy atom. The Kier molecular flexibility index (Phi) is 7.08. The average Bonchev–Trinajstić information content (AvgIpc) is 3.74. The molecule has 0 N–H and O–H groups in total. The molecular formula is C27H32FN5O2. The molecule has 0 unspecified atom stereocenters. The second-order valence-corrected chi connectivity index (χ2v) is 9.25. The molecule has 0 spiro atoms. The van der Waals surface area contributed by atoms with Gasteiger partial charge in [-0.05, 0) is 37.1 Å². The van der Waals surface area contributed by atoms with Crippen molar-refractivity contribution in [2.45, 2.75) is 25.2 Å². The van der Waals surface area contributed by atoms with E-state index in [1.165, 1.54) is 6.07 Å². The molecule has 1 saturated heterocycles. The highest BCUT2D eigenvalue weighted by Gasteiger charge is 2.29. The van der Waals surface area contributed by atoms with Gasteiger partial charge in [-0.1, -0.05) is 24.3 Å². The van der Waals surface area contributed by atoms with Crippen LogP contribution in [0.25, 0.3) is 10.9 Å². The molecule has 3 aromatic rings. The number of anilines is 2. The second kappa shape index (κ2) is 10.6. The summed E-state index contributed by atoms with van der Waals surface area (Å²) in [5.74, 6) is 2.11. The third kappa shape index (κ3) is 5.37. The van der Waals surface area contributed by atoms with Gasteiger partial charge in [-0.2, -0.15) is 0 Å². The van der Waals surface area contributed by atoms with Crippen molar-refractivity contribution in [3.8, 4) is 0 Å². The van der Waals surface area contributed by atoms with E-state index in [4.69, 9.17) is 14.7 Å². The molecule has 0 radical (unpaired) electrons. The van der Waals surface area contributed by atoms with E-state index in [9.17, 15) is 9.18 Å². The standard InChI is InChI=1S/C27H32FN5O2/c1-35-19-18-33(27-21-6-2-4-8-23(21)29-26(30-27)20-10-11-20)13-12-25(34)32-16-14-31(15-17-32)24-9-5-3-7-22(24)28/h2-9,20H,10-19H2,1H3. The SMILES string of the molecule is COCCN(CCC(=O)N1CCN(c2ccccc2F)CC1)c1nc(C2CC2)nc2ccccc12. The van der Waals surface area contributed by atoms with E-state index < -0.39 is 0 Å². The number of hydrogen-bond acceptors (Lipinski definition) is 6. The average molecular weight is 478 g/mol. The molecule has 0 atom stereocenters. The van der Waals surface area contributed by atoms with E-state index in [2.05, 4.69) is 4.90 Å². The Morgan fingerprint density at radius 1 is 1.03 bits per heavy atom. The molecule has 2 heterocycles. The van der Waals surface area contributed by atoms with E-state index in [0.29, 0.717) is 63.9 Å². The summed E-state index contributed by atoms with van der Waals surface area (Å²) in [5.41, 5.74) is 1.55. The number of carbonyl (C=O) groups excluding carboxylic acids is 1. The van der Waals surface area contributed by atoms with Crippen LogP contribution in [0.3, 0.4) is 0 Å². The van der Waals surface area contributed by atoms with Crippen LogP contribution in [0.1, 0.15) is 31.0 Å². The number of aromatic nitrogens is 2. The monoisotopic (exact) mass is 477 g/mol. The molecule has 2 aromatic carbocycles. The number of methoxy groups -OCH3 is 1. The first-order valence-electron chi connectivity index (χ1n) is 12.4. The lowest BCUT2D eigenvalue weighted by atomic mass is 10.2. The van der Waals surface area contributed by atoms with E-state index in [1.807, 2.05) is 40.1 Å². The first kappa shape index (κ1) is 23.5. The number of amides is 1. The summed E-state index contributed by atoms with van der Waals surface area (Å²) in [6.45, 7) is 4.19. The summed E-state index contributed by atoms with van der Waals surface area (Å²) in [4.78, 5) is 28.9. The van der Waals surface area contributed by atoms with Gasteiger partial charge in [-0.15, -0.1) is 0 Å². The van der Waals surface area contributed by atoms with E-state index >= 15 is 0 Å². The number of carbonyl (C=O) groups is 1. The predicted molar refractivity (Wildman–Crippen MR) is 135 cm³/mol. The van der Waals surface area contributed by atoms with Crippen LogP contribution in [-0.2, 0) is 9.53 Å². The molecular weight excluding hydrogens is 445 g/mol. The maximum absolute atomic E-state index is 14.1. The summed E-state index contributed by atoms with van der Waals surface area (Å²) in [6.07, 6.45) is 2.65. The van der Waals surface area contributed by atoms with Crippen molar-refractivity contribution in [3.63, 3.8) is 0 Å². The van der Waals surface area contributed by atoms with Crippen LogP contribution in [0.15, 0.2) is 48.5 Å². The molecule has 1 aliphatic carbocycles. The topological polar surface area (TPSA) is 61.8 Å². The van der Waals surface area contributed by atoms with Crippen LogP contribution in [0.4, 0.5) is 15.9 Å². The van der Waals surface area contributed by atoms with Crippen LogP contribution in [0.5, 0.6) is 0 Å².